The zero-order valence-corrected chi connectivity index (χ0v) is 16.7. The van der Waals surface area contributed by atoms with Crippen LogP contribution in [-0.2, 0) is 9.53 Å². The van der Waals surface area contributed by atoms with Gasteiger partial charge in [-0.25, -0.2) is 9.78 Å². The monoisotopic (exact) mass is 413 g/mol. The minimum absolute atomic E-state index is 0.0855. The Kier molecular flexibility index (Phi) is 4.51. The Morgan fingerprint density at radius 1 is 1.13 bits per heavy atom. The van der Waals surface area contributed by atoms with E-state index in [1.165, 1.54) is 7.11 Å². The quantitative estimate of drug-likeness (QED) is 0.439. The highest BCUT2D eigenvalue weighted by atomic mass is 16.5. The molecule has 5 rings (SSSR count). The van der Waals surface area contributed by atoms with Gasteiger partial charge in [0, 0.05) is 17.4 Å². The molecule has 8 heteroatoms. The first-order valence-electron chi connectivity index (χ1n) is 9.73. The molecule has 1 aliphatic rings. The number of aromatic nitrogens is 2. The third-order valence-electron chi connectivity index (χ3n) is 5.10. The van der Waals surface area contributed by atoms with Crippen molar-refractivity contribution in [1.82, 2.24) is 9.38 Å². The Hall–Kier alpha value is -4.33. The van der Waals surface area contributed by atoms with Crippen molar-refractivity contribution in [2.75, 3.05) is 29.6 Å². The lowest BCUT2D eigenvalue weighted by atomic mass is 10.1. The van der Waals surface area contributed by atoms with Gasteiger partial charge in [-0.3, -0.25) is 9.20 Å². The molecular weight excluding hydrogens is 394 g/mol. The van der Waals surface area contributed by atoms with Crippen molar-refractivity contribution >= 4 is 40.4 Å². The molecule has 0 spiro atoms. The summed E-state index contributed by atoms with van der Waals surface area (Å²) in [5.74, 6) is 0.251. The number of para-hydroxylation sites is 1. The van der Waals surface area contributed by atoms with Crippen LogP contribution in [-0.4, -0.2) is 34.9 Å². The number of ether oxygens (including phenoxy) is 1. The fourth-order valence-electron chi connectivity index (χ4n) is 3.69. The maximum atomic E-state index is 11.9. The van der Waals surface area contributed by atoms with Gasteiger partial charge >= 0.3 is 5.97 Å². The number of anilines is 4. The Bertz CT molecular complexity index is 1330. The SMILES string of the molecule is COC(=O)c1cccc(Nc2c(-c3cccc4c3NCC(=O)N4)nc3ccccn23)c1. The number of fused-ring (bicyclic) bond motifs is 2. The Labute approximate surface area is 177 Å². The average molecular weight is 413 g/mol. The van der Waals surface area contributed by atoms with Crippen molar-refractivity contribution in [3.63, 3.8) is 0 Å². The van der Waals surface area contributed by atoms with Gasteiger partial charge in [0.05, 0.1) is 30.6 Å². The summed E-state index contributed by atoms with van der Waals surface area (Å²) >= 11 is 0. The van der Waals surface area contributed by atoms with Crippen LogP contribution in [0, 0.1) is 0 Å². The molecule has 8 nitrogen and oxygen atoms in total. The summed E-state index contributed by atoms with van der Waals surface area (Å²) in [5.41, 5.74) is 5.04. The molecule has 2 aromatic heterocycles. The minimum Gasteiger partial charge on any atom is -0.465 e. The van der Waals surface area contributed by atoms with E-state index in [0.717, 1.165) is 34.1 Å². The van der Waals surface area contributed by atoms with Crippen LogP contribution >= 0.6 is 0 Å². The molecule has 1 amide bonds. The molecule has 4 aromatic rings. The second-order valence-corrected chi connectivity index (χ2v) is 7.07. The fraction of sp³-hybridized carbons (Fsp3) is 0.0870. The molecule has 3 N–H and O–H groups in total. The summed E-state index contributed by atoms with van der Waals surface area (Å²) in [6, 6.07) is 18.6. The zero-order chi connectivity index (χ0) is 21.4. The summed E-state index contributed by atoms with van der Waals surface area (Å²) in [4.78, 5) is 28.6. The van der Waals surface area contributed by atoms with Crippen LogP contribution < -0.4 is 16.0 Å². The molecule has 0 radical (unpaired) electrons. The van der Waals surface area contributed by atoms with Gasteiger partial charge in [0.15, 0.2) is 0 Å². The summed E-state index contributed by atoms with van der Waals surface area (Å²) in [5, 5.41) is 9.49. The average Bonchev–Trinajstić information content (AvgIpc) is 3.16. The predicted octanol–water partition coefficient (Wildman–Crippen LogP) is 3.90. The number of nitrogens with one attached hydrogen (secondary N) is 3. The van der Waals surface area contributed by atoms with E-state index in [1.807, 2.05) is 53.1 Å². The lowest BCUT2D eigenvalue weighted by Gasteiger charge is -2.21. The second-order valence-electron chi connectivity index (χ2n) is 7.07. The number of hydrogen-bond donors (Lipinski definition) is 3. The molecule has 0 fully saturated rings. The van der Waals surface area contributed by atoms with Crippen molar-refractivity contribution in [2.24, 2.45) is 0 Å². The van der Waals surface area contributed by atoms with Crippen molar-refractivity contribution in [3.8, 4) is 11.3 Å². The smallest absolute Gasteiger partial charge is 0.337 e. The van der Waals surface area contributed by atoms with Crippen LogP contribution in [0.25, 0.3) is 16.9 Å². The highest BCUT2D eigenvalue weighted by Crippen LogP contribution is 2.40. The van der Waals surface area contributed by atoms with Crippen LogP contribution in [0.5, 0.6) is 0 Å². The van der Waals surface area contributed by atoms with E-state index in [2.05, 4.69) is 16.0 Å². The normalized spacial score (nSPS) is 12.6. The van der Waals surface area contributed by atoms with Gasteiger partial charge in [-0.05, 0) is 36.4 Å². The number of carbonyl (C=O) groups excluding carboxylic acids is 2. The zero-order valence-electron chi connectivity index (χ0n) is 16.7. The number of amides is 1. The van der Waals surface area contributed by atoms with E-state index >= 15 is 0 Å². The fourth-order valence-corrected chi connectivity index (χ4v) is 3.69. The first kappa shape index (κ1) is 18.7. The van der Waals surface area contributed by atoms with Gasteiger partial charge < -0.3 is 20.7 Å². The van der Waals surface area contributed by atoms with Gasteiger partial charge in [-0.15, -0.1) is 0 Å². The summed E-state index contributed by atoms with van der Waals surface area (Å²) in [6.45, 7) is 0.196. The molecule has 0 atom stereocenters. The lowest BCUT2D eigenvalue weighted by molar-refractivity contribution is -0.114. The number of benzene rings is 2. The molecule has 31 heavy (non-hydrogen) atoms. The van der Waals surface area contributed by atoms with Crippen molar-refractivity contribution in [3.05, 3.63) is 72.4 Å². The number of rotatable bonds is 4. The number of nitrogens with zero attached hydrogens (tertiary/aromatic N) is 2. The highest BCUT2D eigenvalue weighted by molar-refractivity contribution is 6.05. The van der Waals surface area contributed by atoms with Crippen LogP contribution in [0.15, 0.2) is 66.9 Å². The molecular formula is C23H19N5O3. The minimum atomic E-state index is -0.404. The molecule has 154 valence electrons. The van der Waals surface area contributed by atoms with Crippen LogP contribution in [0.3, 0.4) is 0 Å². The Morgan fingerprint density at radius 2 is 2.00 bits per heavy atom. The molecule has 0 saturated heterocycles. The maximum Gasteiger partial charge on any atom is 0.337 e. The number of esters is 1. The molecule has 1 aliphatic heterocycles. The number of carbonyl (C=O) groups is 2. The lowest BCUT2D eigenvalue weighted by Crippen LogP contribution is -2.27. The molecule has 0 bridgehead atoms. The standard InChI is InChI=1S/C23H19N5O3/c1-31-23(30)14-6-4-7-15(12-14)25-22-21(27-18-10-2-3-11-28(18)22)16-8-5-9-17-20(16)24-13-19(29)26-17/h2-12,24-25H,13H2,1H3,(H,26,29). The van der Waals surface area contributed by atoms with Gasteiger partial charge in [0.25, 0.3) is 0 Å². The summed E-state index contributed by atoms with van der Waals surface area (Å²) < 4.78 is 6.78. The largest absolute Gasteiger partial charge is 0.465 e. The molecule has 0 saturated carbocycles. The van der Waals surface area contributed by atoms with Crippen molar-refractivity contribution in [1.29, 1.82) is 0 Å². The van der Waals surface area contributed by atoms with E-state index in [9.17, 15) is 9.59 Å². The summed E-state index contributed by atoms with van der Waals surface area (Å²) in [7, 11) is 1.36. The molecule has 0 unspecified atom stereocenters. The van der Waals surface area contributed by atoms with E-state index in [1.54, 1.807) is 18.2 Å². The van der Waals surface area contributed by atoms with Crippen molar-refractivity contribution in [2.45, 2.75) is 0 Å². The van der Waals surface area contributed by atoms with E-state index in [-0.39, 0.29) is 12.5 Å². The maximum absolute atomic E-state index is 11.9. The number of hydrogen-bond acceptors (Lipinski definition) is 6. The summed E-state index contributed by atoms with van der Waals surface area (Å²) in [6.07, 6.45) is 1.92. The third kappa shape index (κ3) is 3.33. The first-order chi connectivity index (χ1) is 15.1. The second kappa shape index (κ2) is 7.49. The number of methoxy groups -OCH3 is 1. The predicted molar refractivity (Wildman–Crippen MR) is 119 cm³/mol. The Balaban J connectivity index is 1.65. The third-order valence-corrected chi connectivity index (χ3v) is 5.10. The Morgan fingerprint density at radius 3 is 2.87 bits per heavy atom. The molecule has 3 heterocycles. The molecule has 2 aromatic carbocycles. The van der Waals surface area contributed by atoms with Crippen LogP contribution in [0.1, 0.15) is 10.4 Å². The number of pyridine rings is 1. The van der Waals surface area contributed by atoms with E-state index in [4.69, 9.17) is 9.72 Å². The highest BCUT2D eigenvalue weighted by Gasteiger charge is 2.22. The van der Waals surface area contributed by atoms with E-state index in [0.29, 0.717) is 11.3 Å². The van der Waals surface area contributed by atoms with Crippen LogP contribution in [0.4, 0.5) is 22.9 Å². The van der Waals surface area contributed by atoms with Gasteiger partial charge in [0.2, 0.25) is 5.91 Å². The van der Waals surface area contributed by atoms with E-state index < -0.39 is 5.97 Å². The topological polar surface area (TPSA) is 96.8 Å². The van der Waals surface area contributed by atoms with Gasteiger partial charge in [0.1, 0.15) is 17.2 Å². The van der Waals surface area contributed by atoms with Gasteiger partial charge in [-0.2, -0.15) is 0 Å². The first-order valence-corrected chi connectivity index (χ1v) is 9.73. The molecule has 0 aliphatic carbocycles. The van der Waals surface area contributed by atoms with Crippen LogP contribution in [0.2, 0.25) is 0 Å². The van der Waals surface area contributed by atoms with Gasteiger partial charge in [-0.1, -0.05) is 24.3 Å². The van der Waals surface area contributed by atoms with Crippen molar-refractivity contribution < 1.29 is 14.3 Å². The number of imidazole rings is 1.